The summed E-state index contributed by atoms with van der Waals surface area (Å²) in [6.45, 7) is 1.43. The summed E-state index contributed by atoms with van der Waals surface area (Å²) in [6.07, 6.45) is 3.63. The van der Waals surface area contributed by atoms with Crippen LogP contribution in [0.15, 0.2) is 18.3 Å². The van der Waals surface area contributed by atoms with E-state index in [0.29, 0.717) is 31.2 Å². The lowest BCUT2D eigenvalue weighted by molar-refractivity contribution is -0.117. The van der Waals surface area contributed by atoms with Crippen LogP contribution in [0.5, 0.6) is 0 Å². The highest BCUT2D eigenvalue weighted by Gasteiger charge is 2.17. The van der Waals surface area contributed by atoms with Gasteiger partial charge in [0.15, 0.2) is 0 Å². The van der Waals surface area contributed by atoms with Gasteiger partial charge in [0, 0.05) is 19.6 Å². The summed E-state index contributed by atoms with van der Waals surface area (Å²) in [5.41, 5.74) is 0.476. The lowest BCUT2D eigenvalue weighted by Gasteiger charge is -2.21. The van der Waals surface area contributed by atoms with Crippen molar-refractivity contribution >= 4 is 17.6 Å². The zero-order chi connectivity index (χ0) is 13.7. The smallest absolute Gasteiger partial charge is 0.354 e. The molecule has 102 valence electrons. The Hall–Kier alpha value is -1.95. The number of aromatic carboxylic acids is 1. The number of nitrogens with zero attached hydrogens (tertiary/aromatic N) is 1. The fourth-order valence-electron chi connectivity index (χ4n) is 2.02. The van der Waals surface area contributed by atoms with Crippen molar-refractivity contribution in [3.63, 3.8) is 0 Å². The molecule has 1 fully saturated rings. The summed E-state index contributed by atoms with van der Waals surface area (Å²) in [6, 6.07) is 2.91. The van der Waals surface area contributed by atoms with Gasteiger partial charge in [-0.25, -0.2) is 9.78 Å². The summed E-state index contributed by atoms with van der Waals surface area (Å²) in [5.74, 6) is -0.795. The molecule has 0 aliphatic carbocycles. The standard InChI is InChI=1S/C13H16N2O4/c16-12(7-9-3-5-19-6-4-9)15-10-1-2-11(13(17)18)14-8-10/h1-2,8-9H,3-7H2,(H,15,16)(H,17,18). The van der Waals surface area contributed by atoms with Gasteiger partial charge in [0.2, 0.25) is 5.91 Å². The van der Waals surface area contributed by atoms with Crippen LogP contribution in [0.25, 0.3) is 0 Å². The van der Waals surface area contributed by atoms with E-state index in [1.807, 2.05) is 0 Å². The van der Waals surface area contributed by atoms with Crippen LogP contribution in [-0.4, -0.2) is 35.2 Å². The van der Waals surface area contributed by atoms with Gasteiger partial charge in [0.05, 0.1) is 11.9 Å². The Balaban J connectivity index is 1.85. The molecule has 19 heavy (non-hydrogen) atoms. The number of aromatic nitrogens is 1. The van der Waals surface area contributed by atoms with Crippen molar-refractivity contribution in [1.29, 1.82) is 0 Å². The van der Waals surface area contributed by atoms with Crippen molar-refractivity contribution in [2.75, 3.05) is 18.5 Å². The highest BCUT2D eigenvalue weighted by molar-refractivity contribution is 5.91. The molecule has 0 unspecified atom stereocenters. The number of carboxylic acids is 1. The Morgan fingerprint density at radius 2 is 2.11 bits per heavy atom. The number of ether oxygens (including phenoxy) is 1. The SMILES string of the molecule is O=C(CC1CCOCC1)Nc1ccc(C(=O)O)nc1. The molecule has 2 heterocycles. The predicted molar refractivity (Wildman–Crippen MR) is 68.0 cm³/mol. The van der Waals surface area contributed by atoms with Crippen molar-refractivity contribution in [2.24, 2.45) is 5.92 Å². The average molecular weight is 264 g/mol. The molecule has 2 rings (SSSR count). The summed E-state index contributed by atoms with van der Waals surface area (Å²) >= 11 is 0. The Labute approximate surface area is 110 Å². The Kier molecular flexibility index (Phi) is 4.46. The minimum absolute atomic E-state index is 0.0394. The lowest BCUT2D eigenvalue weighted by Crippen LogP contribution is -2.22. The molecule has 6 heteroatoms. The van der Waals surface area contributed by atoms with E-state index >= 15 is 0 Å². The van der Waals surface area contributed by atoms with Crippen LogP contribution in [0.4, 0.5) is 5.69 Å². The van der Waals surface area contributed by atoms with E-state index < -0.39 is 5.97 Å². The normalized spacial score (nSPS) is 16.0. The summed E-state index contributed by atoms with van der Waals surface area (Å²) in [5, 5.41) is 11.4. The molecule has 1 aliphatic rings. The van der Waals surface area contributed by atoms with Gasteiger partial charge in [0.1, 0.15) is 5.69 Å². The molecule has 1 saturated heterocycles. The minimum atomic E-state index is -1.08. The number of carbonyl (C=O) groups is 2. The van der Waals surface area contributed by atoms with Crippen LogP contribution in [0.3, 0.4) is 0 Å². The first kappa shape index (κ1) is 13.5. The first-order valence-electron chi connectivity index (χ1n) is 6.22. The zero-order valence-electron chi connectivity index (χ0n) is 10.5. The number of pyridine rings is 1. The molecular formula is C13H16N2O4. The quantitative estimate of drug-likeness (QED) is 0.861. The van der Waals surface area contributed by atoms with Gasteiger partial charge in [-0.3, -0.25) is 4.79 Å². The third kappa shape index (κ3) is 4.03. The molecule has 0 spiro atoms. The van der Waals surface area contributed by atoms with Crippen molar-refractivity contribution in [2.45, 2.75) is 19.3 Å². The topological polar surface area (TPSA) is 88.5 Å². The number of anilines is 1. The maximum atomic E-state index is 11.8. The van der Waals surface area contributed by atoms with E-state index in [-0.39, 0.29) is 11.6 Å². The second-order valence-electron chi connectivity index (χ2n) is 4.55. The molecule has 1 aromatic heterocycles. The molecule has 6 nitrogen and oxygen atoms in total. The van der Waals surface area contributed by atoms with Gasteiger partial charge in [-0.05, 0) is 30.9 Å². The van der Waals surface area contributed by atoms with Gasteiger partial charge in [0.25, 0.3) is 0 Å². The highest BCUT2D eigenvalue weighted by Crippen LogP contribution is 2.19. The molecule has 0 radical (unpaired) electrons. The van der Waals surface area contributed by atoms with E-state index in [4.69, 9.17) is 9.84 Å². The van der Waals surface area contributed by atoms with Gasteiger partial charge in [-0.15, -0.1) is 0 Å². The van der Waals surface area contributed by atoms with Crippen LogP contribution in [0.2, 0.25) is 0 Å². The van der Waals surface area contributed by atoms with Crippen LogP contribution >= 0.6 is 0 Å². The number of amides is 1. The predicted octanol–water partition coefficient (Wildman–Crippen LogP) is 1.54. The molecule has 1 amide bonds. The Bertz CT molecular complexity index is 452. The Morgan fingerprint density at radius 1 is 1.37 bits per heavy atom. The maximum Gasteiger partial charge on any atom is 0.354 e. The molecular weight excluding hydrogens is 248 g/mol. The van der Waals surface area contributed by atoms with E-state index in [1.165, 1.54) is 12.3 Å². The molecule has 1 aliphatic heterocycles. The summed E-state index contributed by atoms with van der Waals surface area (Å²) in [7, 11) is 0. The van der Waals surface area contributed by atoms with Crippen LogP contribution < -0.4 is 5.32 Å². The molecule has 1 aromatic rings. The van der Waals surface area contributed by atoms with Crippen LogP contribution in [0, 0.1) is 5.92 Å². The monoisotopic (exact) mass is 264 g/mol. The van der Waals surface area contributed by atoms with Crippen molar-refractivity contribution in [3.05, 3.63) is 24.0 Å². The van der Waals surface area contributed by atoms with E-state index in [1.54, 1.807) is 6.07 Å². The van der Waals surface area contributed by atoms with Gasteiger partial charge in [-0.1, -0.05) is 0 Å². The van der Waals surface area contributed by atoms with Gasteiger partial charge < -0.3 is 15.2 Å². The molecule has 2 N–H and O–H groups in total. The lowest BCUT2D eigenvalue weighted by atomic mass is 9.96. The molecule has 0 aromatic carbocycles. The van der Waals surface area contributed by atoms with Crippen molar-refractivity contribution < 1.29 is 19.4 Å². The number of carbonyl (C=O) groups excluding carboxylic acids is 1. The highest BCUT2D eigenvalue weighted by atomic mass is 16.5. The number of hydrogen-bond donors (Lipinski definition) is 2. The summed E-state index contributed by atoms with van der Waals surface area (Å²) in [4.78, 5) is 26.2. The average Bonchev–Trinajstić information content (AvgIpc) is 2.40. The van der Waals surface area contributed by atoms with Crippen molar-refractivity contribution in [1.82, 2.24) is 4.98 Å². The minimum Gasteiger partial charge on any atom is -0.477 e. The number of nitrogens with one attached hydrogen (secondary N) is 1. The van der Waals surface area contributed by atoms with Crippen LogP contribution in [0.1, 0.15) is 29.8 Å². The third-order valence-electron chi connectivity index (χ3n) is 3.08. The zero-order valence-corrected chi connectivity index (χ0v) is 10.5. The number of hydrogen-bond acceptors (Lipinski definition) is 4. The maximum absolute atomic E-state index is 11.8. The van der Waals surface area contributed by atoms with Crippen molar-refractivity contribution in [3.8, 4) is 0 Å². The second-order valence-corrected chi connectivity index (χ2v) is 4.55. The van der Waals surface area contributed by atoms with E-state index in [0.717, 1.165) is 12.8 Å². The first-order chi connectivity index (χ1) is 9.15. The largest absolute Gasteiger partial charge is 0.477 e. The molecule has 0 saturated carbocycles. The molecule has 0 bridgehead atoms. The van der Waals surface area contributed by atoms with E-state index in [2.05, 4.69) is 10.3 Å². The Morgan fingerprint density at radius 3 is 2.68 bits per heavy atom. The van der Waals surface area contributed by atoms with E-state index in [9.17, 15) is 9.59 Å². The number of carboxylic acid groups (broad SMARTS) is 1. The fourth-order valence-corrected chi connectivity index (χ4v) is 2.02. The number of rotatable bonds is 4. The summed E-state index contributed by atoms with van der Waals surface area (Å²) < 4.78 is 5.24. The molecule has 0 atom stereocenters. The third-order valence-corrected chi connectivity index (χ3v) is 3.08. The second kappa shape index (κ2) is 6.29. The first-order valence-corrected chi connectivity index (χ1v) is 6.22. The van der Waals surface area contributed by atoms with Gasteiger partial charge >= 0.3 is 5.97 Å². The van der Waals surface area contributed by atoms with Crippen LogP contribution in [-0.2, 0) is 9.53 Å². The fraction of sp³-hybridized carbons (Fsp3) is 0.462. The van der Waals surface area contributed by atoms with Gasteiger partial charge in [-0.2, -0.15) is 0 Å².